The molecule has 0 spiro atoms. The Morgan fingerprint density at radius 3 is 2.59 bits per heavy atom. The van der Waals surface area contributed by atoms with Gasteiger partial charge in [0.25, 0.3) is 0 Å². The van der Waals surface area contributed by atoms with Crippen molar-refractivity contribution in [2.24, 2.45) is 7.05 Å². The lowest BCUT2D eigenvalue weighted by atomic mass is 10.1. The fourth-order valence-corrected chi connectivity index (χ4v) is 2.34. The Morgan fingerprint density at radius 2 is 2.09 bits per heavy atom. The number of carboxylic acid groups (broad SMARTS) is 1. The first-order chi connectivity index (χ1) is 10.3. The molecule has 7 nitrogen and oxygen atoms in total. The fraction of sp³-hybridized carbons (Fsp3) is 0.214. The molecule has 22 heavy (non-hydrogen) atoms. The zero-order chi connectivity index (χ0) is 16.4. The van der Waals surface area contributed by atoms with Gasteiger partial charge in [-0.05, 0) is 18.2 Å². The number of ether oxygens (including phenoxy) is 1. The van der Waals surface area contributed by atoms with Crippen LogP contribution in [-0.2, 0) is 11.8 Å². The summed E-state index contributed by atoms with van der Waals surface area (Å²) < 4.78 is 6.62. The number of hydrogen-bond acceptors (Lipinski definition) is 4. The number of benzene rings is 1. The summed E-state index contributed by atoms with van der Waals surface area (Å²) in [5.41, 5.74) is 1.14. The van der Waals surface area contributed by atoms with Crippen molar-refractivity contribution in [1.29, 1.82) is 0 Å². The van der Waals surface area contributed by atoms with Crippen molar-refractivity contribution in [2.75, 3.05) is 12.4 Å². The Kier molecular flexibility index (Phi) is 4.37. The number of nitrogens with one attached hydrogen (secondary N) is 1. The number of carbonyl (C=O) groups excluding carboxylic acids is 1. The van der Waals surface area contributed by atoms with Gasteiger partial charge in [0.2, 0.25) is 5.91 Å². The largest absolute Gasteiger partial charge is 0.495 e. The Labute approximate surface area is 131 Å². The smallest absolute Gasteiger partial charge is 0.356 e. The normalized spacial score (nSPS) is 10.4. The van der Waals surface area contributed by atoms with Crippen LogP contribution in [0.25, 0.3) is 11.3 Å². The molecule has 2 N–H and O–H groups in total. The topological polar surface area (TPSA) is 93.4 Å². The van der Waals surface area contributed by atoms with Crippen molar-refractivity contribution in [1.82, 2.24) is 9.78 Å². The van der Waals surface area contributed by atoms with Crippen LogP contribution in [0.2, 0.25) is 5.02 Å². The minimum Gasteiger partial charge on any atom is -0.495 e. The molecule has 0 aliphatic rings. The van der Waals surface area contributed by atoms with Crippen LogP contribution < -0.4 is 10.1 Å². The molecule has 1 amide bonds. The molecule has 0 bridgehead atoms. The lowest BCUT2D eigenvalue weighted by molar-refractivity contribution is -0.114. The second kappa shape index (κ2) is 6.07. The molecule has 0 atom stereocenters. The van der Waals surface area contributed by atoms with Gasteiger partial charge in [0, 0.05) is 19.5 Å². The molecule has 8 heteroatoms. The standard InChI is InChI=1S/C14H14ClN3O4/c1-7(19)16-13-11(22-3)5-4-8(15)12(13)10-6-9(14(20)21)17-18(10)2/h4-6H,1-3H3,(H,16,19)(H,20,21). The van der Waals surface area contributed by atoms with Crippen LogP contribution in [-0.4, -0.2) is 33.9 Å². The molecule has 1 heterocycles. The molecule has 0 saturated heterocycles. The van der Waals surface area contributed by atoms with Crippen LogP contribution in [0.1, 0.15) is 17.4 Å². The van der Waals surface area contributed by atoms with Crippen molar-refractivity contribution >= 4 is 29.2 Å². The van der Waals surface area contributed by atoms with E-state index in [0.717, 1.165) is 0 Å². The van der Waals surface area contributed by atoms with Gasteiger partial charge in [-0.1, -0.05) is 11.6 Å². The van der Waals surface area contributed by atoms with Crippen LogP contribution >= 0.6 is 11.6 Å². The molecule has 116 valence electrons. The zero-order valence-electron chi connectivity index (χ0n) is 12.2. The van der Waals surface area contributed by atoms with Crippen LogP contribution in [0.5, 0.6) is 5.75 Å². The van der Waals surface area contributed by atoms with E-state index in [2.05, 4.69) is 10.4 Å². The van der Waals surface area contributed by atoms with E-state index in [4.69, 9.17) is 21.4 Å². The number of aryl methyl sites for hydroxylation is 1. The van der Waals surface area contributed by atoms with E-state index in [-0.39, 0.29) is 11.6 Å². The summed E-state index contributed by atoms with van der Waals surface area (Å²) in [5, 5.41) is 16.0. The lowest BCUT2D eigenvalue weighted by Gasteiger charge is -2.15. The van der Waals surface area contributed by atoms with Crippen LogP contribution in [0.15, 0.2) is 18.2 Å². The van der Waals surface area contributed by atoms with Gasteiger partial charge in [0.15, 0.2) is 5.69 Å². The number of nitrogens with zero attached hydrogens (tertiary/aromatic N) is 2. The highest BCUT2D eigenvalue weighted by molar-refractivity contribution is 6.34. The number of carbonyl (C=O) groups is 2. The van der Waals surface area contributed by atoms with Gasteiger partial charge in [-0.15, -0.1) is 0 Å². The Balaban J connectivity index is 2.73. The zero-order valence-corrected chi connectivity index (χ0v) is 12.9. The minimum atomic E-state index is -1.15. The minimum absolute atomic E-state index is 0.120. The molecular formula is C14H14ClN3O4. The van der Waals surface area contributed by atoms with E-state index >= 15 is 0 Å². The first-order valence-corrected chi connectivity index (χ1v) is 6.64. The number of halogens is 1. The third kappa shape index (κ3) is 2.89. The predicted octanol–water partition coefficient (Wildman–Crippen LogP) is 2.41. The summed E-state index contributed by atoms with van der Waals surface area (Å²) in [5.74, 6) is -1.04. The van der Waals surface area contributed by atoms with E-state index in [1.165, 1.54) is 24.8 Å². The van der Waals surface area contributed by atoms with Crippen molar-refractivity contribution in [3.63, 3.8) is 0 Å². The van der Waals surface area contributed by atoms with Crippen molar-refractivity contribution in [2.45, 2.75) is 6.92 Å². The number of carboxylic acids is 1. The molecule has 0 fully saturated rings. The number of aromatic carboxylic acids is 1. The van der Waals surface area contributed by atoms with E-state index in [1.807, 2.05) is 0 Å². The van der Waals surface area contributed by atoms with E-state index in [0.29, 0.717) is 27.7 Å². The Bertz CT molecular complexity index is 755. The predicted molar refractivity (Wildman–Crippen MR) is 81.5 cm³/mol. The number of amides is 1. The first kappa shape index (κ1) is 15.8. The summed E-state index contributed by atoms with van der Waals surface area (Å²) in [4.78, 5) is 22.5. The van der Waals surface area contributed by atoms with Gasteiger partial charge in [0.05, 0.1) is 23.5 Å². The van der Waals surface area contributed by atoms with Gasteiger partial charge >= 0.3 is 5.97 Å². The molecule has 0 radical (unpaired) electrons. The van der Waals surface area contributed by atoms with Crippen LogP contribution in [0.4, 0.5) is 5.69 Å². The molecule has 2 rings (SSSR count). The summed E-state index contributed by atoms with van der Waals surface area (Å²) >= 11 is 6.24. The number of methoxy groups -OCH3 is 1. The number of rotatable bonds is 4. The third-order valence-corrected chi connectivity index (χ3v) is 3.31. The van der Waals surface area contributed by atoms with Crippen molar-refractivity contribution in [3.8, 4) is 17.0 Å². The van der Waals surface area contributed by atoms with Crippen LogP contribution in [0.3, 0.4) is 0 Å². The van der Waals surface area contributed by atoms with Crippen molar-refractivity contribution in [3.05, 3.63) is 28.9 Å². The van der Waals surface area contributed by atoms with Gasteiger partial charge < -0.3 is 15.2 Å². The molecule has 1 aromatic heterocycles. The van der Waals surface area contributed by atoms with Crippen LogP contribution in [0, 0.1) is 0 Å². The second-order valence-electron chi connectivity index (χ2n) is 4.52. The number of anilines is 1. The highest BCUT2D eigenvalue weighted by atomic mass is 35.5. The maximum Gasteiger partial charge on any atom is 0.356 e. The average molecular weight is 324 g/mol. The first-order valence-electron chi connectivity index (χ1n) is 6.27. The summed E-state index contributed by atoms with van der Waals surface area (Å²) in [6.45, 7) is 1.36. The number of aromatic nitrogens is 2. The molecule has 0 saturated carbocycles. The Hall–Kier alpha value is -2.54. The summed E-state index contributed by atoms with van der Waals surface area (Å²) in [7, 11) is 3.05. The lowest BCUT2D eigenvalue weighted by Crippen LogP contribution is -2.09. The van der Waals surface area contributed by atoms with Gasteiger partial charge in [0.1, 0.15) is 5.75 Å². The molecule has 0 aliphatic heterocycles. The second-order valence-corrected chi connectivity index (χ2v) is 4.93. The summed E-state index contributed by atoms with van der Waals surface area (Å²) in [6, 6.07) is 4.61. The van der Waals surface area contributed by atoms with Gasteiger partial charge in [-0.25, -0.2) is 4.79 Å². The molecule has 0 unspecified atom stereocenters. The van der Waals surface area contributed by atoms with E-state index in [1.54, 1.807) is 19.2 Å². The van der Waals surface area contributed by atoms with Gasteiger partial charge in [-0.2, -0.15) is 5.10 Å². The molecular weight excluding hydrogens is 310 g/mol. The number of hydrogen-bond donors (Lipinski definition) is 2. The maximum absolute atomic E-state index is 11.4. The molecule has 2 aromatic rings. The fourth-order valence-electron chi connectivity index (χ4n) is 2.08. The highest BCUT2D eigenvalue weighted by Crippen LogP contribution is 2.41. The van der Waals surface area contributed by atoms with Gasteiger partial charge in [-0.3, -0.25) is 9.48 Å². The quantitative estimate of drug-likeness (QED) is 0.901. The van der Waals surface area contributed by atoms with E-state index < -0.39 is 5.97 Å². The monoisotopic (exact) mass is 323 g/mol. The van der Waals surface area contributed by atoms with Crippen molar-refractivity contribution < 1.29 is 19.4 Å². The summed E-state index contributed by atoms with van der Waals surface area (Å²) in [6.07, 6.45) is 0. The SMILES string of the molecule is COc1ccc(Cl)c(-c2cc(C(=O)O)nn2C)c1NC(C)=O. The maximum atomic E-state index is 11.4. The molecule has 1 aromatic carbocycles. The highest BCUT2D eigenvalue weighted by Gasteiger charge is 2.21. The van der Waals surface area contributed by atoms with E-state index in [9.17, 15) is 9.59 Å². The Morgan fingerprint density at radius 1 is 1.41 bits per heavy atom. The molecule has 0 aliphatic carbocycles. The third-order valence-electron chi connectivity index (χ3n) is 2.99. The average Bonchev–Trinajstić information content (AvgIpc) is 2.81.